The molecule has 0 radical (unpaired) electrons. The zero-order valence-electron chi connectivity index (χ0n) is 10.1. The number of alkyl halides is 2. The molecule has 0 unspecified atom stereocenters. The molecule has 3 rings (SSSR count). The topological polar surface area (TPSA) is 42.7 Å². The Hall–Kier alpha value is -1.47. The van der Waals surface area contributed by atoms with E-state index in [1.807, 2.05) is 0 Å². The van der Waals surface area contributed by atoms with Crippen LogP contribution in [0, 0.1) is 0 Å². The number of hydrogen-bond acceptors (Lipinski definition) is 4. The van der Waals surface area contributed by atoms with Crippen molar-refractivity contribution in [1.82, 2.24) is 14.6 Å². The molecule has 0 aliphatic carbocycles. The molecule has 0 saturated carbocycles. The lowest BCUT2D eigenvalue weighted by atomic mass is 10.2. The van der Waals surface area contributed by atoms with Gasteiger partial charge in [0.05, 0.1) is 18.8 Å². The molecule has 19 heavy (non-hydrogen) atoms. The van der Waals surface area contributed by atoms with Gasteiger partial charge in [-0.1, -0.05) is 11.6 Å². The summed E-state index contributed by atoms with van der Waals surface area (Å²) in [6.45, 7) is -0.333. The summed E-state index contributed by atoms with van der Waals surface area (Å²) in [4.78, 5) is 5.64. The van der Waals surface area contributed by atoms with E-state index in [4.69, 9.17) is 16.3 Å². The Labute approximate surface area is 112 Å². The molecule has 0 bridgehead atoms. The third-order valence-corrected chi connectivity index (χ3v) is 3.38. The Morgan fingerprint density at radius 3 is 3.00 bits per heavy atom. The van der Waals surface area contributed by atoms with Crippen LogP contribution in [0.1, 0.15) is 0 Å². The quantitative estimate of drug-likeness (QED) is 0.846. The fourth-order valence-corrected chi connectivity index (χ4v) is 2.47. The Kier molecular flexibility index (Phi) is 2.83. The van der Waals surface area contributed by atoms with Crippen LogP contribution in [-0.2, 0) is 4.74 Å². The molecule has 0 N–H and O–H groups in total. The van der Waals surface area contributed by atoms with Gasteiger partial charge in [-0.15, -0.1) is 0 Å². The van der Waals surface area contributed by atoms with E-state index in [-0.39, 0.29) is 11.7 Å². The van der Waals surface area contributed by atoms with Crippen LogP contribution in [0.2, 0.25) is 5.15 Å². The average molecular weight is 289 g/mol. The van der Waals surface area contributed by atoms with Crippen molar-refractivity contribution in [3.63, 3.8) is 0 Å². The minimum absolute atomic E-state index is 0.0896. The molecule has 0 aromatic carbocycles. The molecule has 8 heteroatoms. The molecule has 1 saturated heterocycles. The minimum atomic E-state index is -2.89. The average Bonchev–Trinajstić information content (AvgIpc) is 2.91. The first-order chi connectivity index (χ1) is 9.01. The highest BCUT2D eigenvalue weighted by Gasteiger charge is 2.49. The van der Waals surface area contributed by atoms with Crippen LogP contribution < -0.4 is 4.90 Å². The van der Waals surface area contributed by atoms with Gasteiger partial charge in [-0.05, 0) is 0 Å². The molecular weight excluding hydrogens is 278 g/mol. The van der Waals surface area contributed by atoms with Crippen molar-refractivity contribution in [3.05, 3.63) is 23.6 Å². The fraction of sp³-hybridized carbons (Fsp3) is 0.455. The number of fused-ring (bicyclic) bond motifs is 1. The summed E-state index contributed by atoms with van der Waals surface area (Å²) in [5.41, 5.74) is 1.03. The SMILES string of the molecule is CO[C@H]1CN(c2cc(Cl)nn3ccnc23)CC1(F)F. The van der Waals surface area contributed by atoms with Crippen molar-refractivity contribution < 1.29 is 13.5 Å². The van der Waals surface area contributed by atoms with Crippen LogP contribution in [-0.4, -0.2) is 46.8 Å². The van der Waals surface area contributed by atoms with Crippen LogP contribution in [0.4, 0.5) is 14.5 Å². The van der Waals surface area contributed by atoms with Crippen LogP contribution in [0.25, 0.3) is 5.65 Å². The number of anilines is 1. The Balaban J connectivity index is 2.04. The van der Waals surface area contributed by atoms with E-state index >= 15 is 0 Å². The molecule has 3 heterocycles. The molecule has 102 valence electrons. The monoisotopic (exact) mass is 288 g/mol. The van der Waals surface area contributed by atoms with Crippen molar-refractivity contribution in [2.45, 2.75) is 12.0 Å². The lowest BCUT2D eigenvalue weighted by molar-refractivity contribution is -0.0889. The molecule has 0 spiro atoms. The van der Waals surface area contributed by atoms with Crippen molar-refractivity contribution in [1.29, 1.82) is 0 Å². The van der Waals surface area contributed by atoms with Gasteiger partial charge < -0.3 is 9.64 Å². The molecule has 2 aromatic heterocycles. The van der Waals surface area contributed by atoms with E-state index in [1.54, 1.807) is 12.4 Å². The molecule has 5 nitrogen and oxygen atoms in total. The second-order valence-corrected chi connectivity index (χ2v) is 4.80. The number of nitrogens with zero attached hydrogens (tertiary/aromatic N) is 4. The summed E-state index contributed by atoms with van der Waals surface area (Å²) in [5.74, 6) is -2.89. The van der Waals surface area contributed by atoms with Gasteiger partial charge in [0.1, 0.15) is 6.10 Å². The summed E-state index contributed by atoms with van der Waals surface area (Å²) >= 11 is 5.90. The van der Waals surface area contributed by atoms with Gasteiger partial charge >= 0.3 is 0 Å². The Morgan fingerprint density at radius 2 is 2.32 bits per heavy atom. The lowest BCUT2D eigenvalue weighted by Gasteiger charge is -2.18. The molecule has 2 aromatic rings. The zero-order valence-corrected chi connectivity index (χ0v) is 10.8. The maximum atomic E-state index is 13.7. The number of methoxy groups -OCH3 is 1. The highest BCUT2D eigenvalue weighted by molar-refractivity contribution is 6.29. The predicted octanol–water partition coefficient (Wildman–Crippen LogP) is 1.85. The van der Waals surface area contributed by atoms with E-state index in [0.29, 0.717) is 11.3 Å². The third kappa shape index (κ3) is 2.02. The second kappa shape index (κ2) is 4.28. The van der Waals surface area contributed by atoms with Gasteiger partial charge in [0, 0.05) is 25.6 Å². The number of aromatic nitrogens is 3. The standard InChI is InChI=1S/C11H11ClF2N4O/c1-19-8-5-17(6-11(8,13)14)7-4-9(12)16-18-3-2-15-10(7)18/h2-4,8H,5-6H2,1H3/t8-/m0/s1. The summed E-state index contributed by atoms with van der Waals surface area (Å²) in [5, 5.41) is 4.24. The largest absolute Gasteiger partial charge is 0.373 e. The van der Waals surface area contributed by atoms with Crippen LogP contribution >= 0.6 is 11.6 Å². The van der Waals surface area contributed by atoms with E-state index in [2.05, 4.69) is 10.1 Å². The van der Waals surface area contributed by atoms with Gasteiger partial charge in [0.25, 0.3) is 5.92 Å². The van der Waals surface area contributed by atoms with Gasteiger partial charge in [0.2, 0.25) is 0 Å². The number of halogens is 3. The van der Waals surface area contributed by atoms with Gasteiger partial charge in [0.15, 0.2) is 10.8 Å². The molecule has 0 amide bonds. The zero-order chi connectivity index (χ0) is 13.6. The maximum absolute atomic E-state index is 13.7. The second-order valence-electron chi connectivity index (χ2n) is 4.41. The third-order valence-electron chi connectivity index (χ3n) is 3.19. The van der Waals surface area contributed by atoms with Crippen molar-refractivity contribution in [2.75, 3.05) is 25.1 Å². The van der Waals surface area contributed by atoms with Crippen molar-refractivity contribution >= 4 is 22.9 Å². The molecule has 1 aliphatic heterocycles. The molecular formula is C11H11ClF2N4O. The van der Waals surface area contributed by atoms with Crippen LogP contribution in [0.3, 0.4) is 0 Å². The first-order valence-electron chi connectivity index (χ1n) is 5.67. The van der Waals surface area contributed by atoms with Crippen molar-refractivity contribution in [3.8, 4) is 0 Å². The number of ether oxygens (including phenoxy) is 1. The summed E-state index contributed by atoms with van der Waals surface area (Å²) < 4.78 is 33.8. The first kappa shape index (κ1) is 12.6. The van der Waals surface area contributed by atoms with E-state index in [9.17, 15) is 8.78 Å². The van der Waals surface area contributed by atoms with E-state index in [1.165, 1.54) is 22.6 Å². The van der Waals surface area contributed by atoms with Gasteiger partial charge in [-0.3, -0.25) is 0 Å². The Morgan fingerprint density at radius 1 is 1.53 bits per heavy atom. The number of imidazole rings is 1. The summed E-state index contributed by atoms with van der Waals surface area (Å²) in [6, 6.07) is 1.54. The lowest BCUT2D eigenvalue weighted by Crippen LogP contribution is -2.33. The first-order valence-corrected chi connectivity index (χ1v) is 6.04. The minimum Gasteiger partial charge on any atom is -0.373 e. The smallest absolute Gasteiger partial charge is 0.292 e. The fourth-order valence-electron chi connectivity index (χ4n) is 2.29. The predicted molar refractivity (Wildman–Crippen MR) is 66.0 cm³/mol. The van der Waals surface area contributed by atoms with Crippen LogP contribution in [0.15, 0.2) is 18.5 Å². The summed E-state index contributed by atoms with van der Waals surface area (Å²) in [6.07, 6.45) is 2.03. The number of rotatable bonds is 2. The van der Waals surface area contributed by atoms with Gasteiger partial charge in [-0.25, -0.2) is 18.3 Å². The maximum Gasteiger partial charge on any atom is 0.292 e. The molecule has 1 fully saturated rings. The van der Waals surface area contributed by atoms with Gasteiger partial charge in [-0.2, -0.15) is 5.10 Å². The van der Waals surface area contributed by atoms with Crippen molar-refractivity contribution in [2.24, 2.45) is 0 Å². The molecule has 1 atom stereocenters. The molecule has 1 aliphatic rings. The van der Waals surface area contributed by atoms with E-state index in [0.717, 1.165) is 0 Å². The number of hydrogen-bond donors (Lipinski definition) is 0. The highest BCUT2D eigenvalue weighted by Crippen LogP contribution is 2.34. The van der Waals surface area contributed by atoms with Crippen LogP contribution in [0.5, 0.6) is 0 Å². The highest BCUT2D eigenvalue weighted by atomic mass is 35.5. The summed E-state index contributed by atoms with van der Waals surface area (Å²) in [7, 11) is 1.28. The van der Waals surface area contributed by atoms with E-state index < -0.39 is 18.6 Å². The Bertz CT molecular complexity index is 618. The normalized spacial score (nSPS) is 22.3.